The second-order valence-electron chi connectivity index (χ2n) is 7.21. The van der Waals surface area contributed by atoms with Crippen LogP contribution < -0.4 is 4.74 Å². The van der Waals surface area contributed by atoms with E-state index in [1.54, 1.807) is 7.11 Å². The van der Waals surface area contributed by atoms with Crippen LogP contribution in [0, 0.1) is 11.3 Å². The van der Waals surface area contributed by atoms with Gasteiger partial charge in [-0.05, 0) is 49.1 Å². The Morgan fingerprint density at radius 3 is 2.48 bits per heavy atom. The number of allylic oxidation sites excluding steroid dienone is 4. The van der Waals surface area contributed by atoms with Crippen molar-refractivity contribution in [1.29, 1.82) is 0 Å². The van der Waals surface area contributed by atoms with Crippen molar-refractivity contribution >= 4 is 5.78 Å². The summed E-state index contributed by atoms with van der Waals surface area (Å²) in [6.07, 6.45) is 4.96. The van der Waals surface area contributed by atoms with Gasteiger partial charge in [0.2, 0.25) is 0 Å². The molecule has 23 heavy (non-hydrogen) atoms. The topological polar surface area (TPSA) is 29.5 Å². The highest BCUT2D eigenvalue weighted by Crippen LogP contribution is 2.50. The van der Waals surface area contributed by atoms with Crippen molar-refractivity contribution < 1.29 is 9.53 Å². The van der Waals surface area contributed by atoms with E-state index in [2.05, 4.69) is 38.8 Å². The van der Waals surface area contributed by atoms with E-state index in [9.17, 15) is 4.79 Å². The maximum atomic E-state index is 12.8. The van der Waals surface area contributed by atoms with Gasteiger partial charge in [0.05, 0.1) is 7.11 Å². The lowest BCUT2D eigenvalue weighted by Gasteiger charge is -2.31. The molecule has 1 aromatic carbocycles. The lowest BCUT2D eigenvalue weighted by atomic mass is 9.71. The number of hydrogen-bond donors (Lipinski definition) is 0. The van der Waals surface area contributed by atoms with Crippen LogP contribution in [-0.2, 0) is 0 Å². The molecule has 0 amide bonds. The maximum Gasteiger partial charge on any atom is 0.189 e. The number of hydrogen-bond acceptors (Lipinski definition) is 3. The minimum Gasteiger partial charge on any atom is -0.497 e. The third-order valence-corrected chi connectivity index (χ3v) is 5.84. The molecule has 0 N–H and O–H groups in total. The SMILES string of the molecule is COc1ccc(C(=O)C2=CC=C3C(C2)C(C)(C)C(C)N3C)cc1. The normalized spacial score (nSPS) is 25.5. The van der Waals surface area contributed by atoms with E-state index in [1.165, 1.54) is 5.70 Å². The van der Waals surface area contributed by atoms with E-state index < -0.39 is 0 Å². The number of ketones is 1. The second-order valence-corrected chi connectivity index (χ2v) is 7.21. The first-order chi connectivity index (χ1) is 10.9. The number of carbonyl (C=O) groups excluding carboxylic acids is 1. The molecule has 2 aliphatic rings. The van der Waals surface area contributed by atoms with Crippen LogP contribution in [0.2, 0.25) is 0 Å². The summed E-state index contributed by atoms with van der Waals surface area (Å²) < 4.78 is 5.16. The zero-order chi connectivity index (χ0) is 16.8. The van der Waals surface area contributed by atoms with Gasteiger partial charge in [-0.2, -0.15) is 0 Å². The monoisotopic (exact) mass is 311 g/mol. The van der Waals surface area contributed by atoms with E-state index in [1.807, 2.05) is 30.3 Å². The Morgan fingerprint density at radius 2 is 1.87 bits per heavy atom. The molecule has 0 saturated carbocycles. The molecule has 1 aliphatic heterocycles. The first-order valence-corrected chi connectivity index (χ1v) is 8.18. The number of likely N-dealkylation sites (tertiary alicyclic amines) is 1. The third kappa shape index (κ3) is 2.48. The number of carbonyl (C=O) groups is 1. The predicted molar refractivity (Wildman–Crippen MR) is 92.6 cm³/mol. The fourth-order valence-electron chi connectivity index (χ4n) is 3.81. The van der Waals surface area contributed by atoms with Crippen molar-refractivity contribution in [3.8, 4) is 5.75 Å². The molecular weight excluding hydrogens is 286 g/mol. The van der Waals surface area contributed by atoms with Crippen molar-refractivity contribution in [3.63, 3.8) is 0 Å². The summed E-state index contributed by atoms with van der Waals surface area (Å²) in [5.41, 5.74) is 3.15. The molecular formula is C20H25NO2. The van der Waals surface area contributed by atoms with Crippen LogP contribution in [0.4, 0.5) is 0 Å². The highest BCUT2D eigenvalue weighted by atomic mass is 16.5. The van der Waals surface area contributed by atoms with Gasteiger partial charge in [0.25, 0.3) is 0 Å². The van der Waals surface area contributed by atoms with Crippen LogP contribution in [0.1, 0.15) is 37.6 Å². The molecule has 1 heterocycles. The van der Waals surface area contributed by atoms with Gasteiger partial charge < -0.3 is 9.64 Å². The number of rotatable bonds is 3. The number of fused-ring (bicyclic) bond motifs is 1. The fourth-order valence-corrected chi connectivity index (χ4v) is 3.81. The van der Waals surface area contributed by atoms with E-state index in [4.69, 9.17) is 4.74 Å². The number of ether oxygens (including phenoxy) is 1. The summed E-state index contributed by atoms with van der Waals surface area (Å²) in [5.74, 6) is 1.30. The largest absolute Gasteiger partial charge is 0.497 e. The van der Waals surface area contributed by atoms with Crippen LogP contribution in [0.15, 0.2) is 47.7 Å². The van der Waals surface area contributed by atoms with Crippen molar-refractivity contribution in [3.05, 3.63) is 53.3 Å². The standard InChI is InChI=1S/C20H25NO2/c1-13-20(2,3)17-12-15(8-11-18(17)21(13)4)19(22)14-6-9-16(23-5)10-7-14/h6-11,13,17H,12H2,1-5H3. The van der Waals surface area contributed by atoms with Crippen LogP contribution in [-0.4, -0.2) is 30.9 Å². The first kappa shape index (κ1) is 15.9. The van der Waals surface area contributed by atoms with E-state index >= 15 is 0 Å². The Kier molecular flexibility index (Phi) is 3.83. The van der Waals surface area contributed by atoms with Gasteiger partial charge in [-0.1, -0.05) is 19.9 Å². The molecule has 1 aliphatic carbocycles. The van der Waals surface area contributed by atoms with Crippen LogP contribution in [0.25, 0.3) is 0 Å². The van der Waals surface area contributed by atoms with Gasteiger partial charge >= 0.3 is 0 Å². The molecule has 2 atom stereocenters. The minimum absolute atomic E-state index is 0.126. The van der Waals surface area contributed by atoms with E-state index in [-0.39, 0.29) is 11.2 Å². The quantitative estimate of drug-likeness (QED) is 0.788. The molecule has 1 fully saturated rings. The van der Waals surface area contributed by atoms with E-state index in [0.29, 0.717) is 12.0 Å². The average molecular weight is 311 g/mol. The summed E-state index contributed by atoms with van der Waals surface area (Å²) >= 11 is 0. The lowest BCUT2D eigenvalue weighted by Crippen LogP contribution is -2.32. The molecule has 0 radical (unpaired) electrons. The summed E-state index contributed by atoms with van der Waals surface area (Å²) in [5, 5.41) is 0. The molecule has 1 saturated heterocycles. The van der Waals surface area contributed by atoms with Gasteiger partial charge in [0, 0.05) is 35.8 Å². The van der Waals surface area contributed by atoms with Crippen molar-refractivity contribution in [1.82, 2.24) is 4.90 Å². The summed E-state index contributed by atoms with van der Waals surface area (Å²) in [6.45, 7) is 6.88. The number of Topliss-reactive ketones (excluding diaryl/α,β-unsaturated/α-hetero) is 1. The highest BCUT2D eigenvalue weighted by Gasteiger charge is 2.48. The zero-order valence-electron chi connectivity index (χ0n) is 14.6. The van der Waals surface area contributed by atoms with Crippen LogP contribution in [0.5, 0.6) is 5.75 Å². The van der Waals surface area contributed by atoms with Crippen LogP contribution >= 0.6 is 0 Å². The Labute approximate surface area is 138 Å². The van der Waals surface area contributed by atoms with Gasteiger partial charge in [0.1, 0.15) is 5.75 Å². The second kappa shape index (κ2) is 5.55. The summed E-state index contributed by atoms with van der Waals surface area (Å²) in [7, 11) is 3.79. The van der Waals surface area contributed by atoms with Crippen molar-refractivity contribution in [2.24, 2.45) is 11.3 Å². The van der Waals surface area contributed by atoms with Crippen molar-refractivity contribution in [2.45, 2.75) is 33.2 Å². The number of benzene rings is 1. The van der Waals surface area contributed by atoms with Crippen LogP contribution in [0.3, 0.4) is 0 Å². The minimum atomic E-state index is 0.126. The number of nitrogens with zero attached hydrogens (tertiary/aromatic N) is 1. The first-order valence-electron chi connectivity index (χ1n) is 8.18. The Balaban J connectivity index is 1.87. The Morgan fingerprint density at radius 1 is 1.22 bits per heavy atom. The smallest absolute Gasteiger partial charge is 0.189 e. The number of methoxy groups -OCH3 is 1. The highest BCUT2D eigenvalue weighted by molar-refractivity contribution is 6.09. The molecule has 2 unspecified atom stereocenters. The summed E-state index contributed by atoms with van der Waals surface area (Å²) in [4.78, 5) is 15.2. The van der Waals surface area contributed by atoms with E-state index in [0.717, 1.165) is 23.3 Å². The molecule has 0 aromatic heterocycles. The molecule has 0 spiro atoms. The maximum absolute atomic E-state index is 12.8. The molecule has 0 bridgehead atoms. The Bertz CT molecular complexity index is 682. The average Bonchev–Trinajstić information content (AvgIpc) is 2.75. The molecule has 3 heteroatoms. The van der Waals surface area contributed by atoms with Gasteiger partial charge in [-0.3, -0.25) is 4.79 Å². The zero-order valence-corrected chi connectivity index (χ0v) is 14.6. The lowest BCUT2D eigenvalue weighted by molar-refractivity contribution is 0.102. The molecule has 1 aromatic rings. The summed E-state index contributed by atoms with van der Waals surface area (Å²) in [6, 6.07) is 7.84. The molecule has 3 nitrogen and oxygen atoms in total. The van der Waals surface area contributed by atoms with Gasteiger partial charge in [0.15, 0.2) is 5.78 Å². The third-order valence-electron chi connectivity index (χ3n) is 5.84. The molecule has 122 valence electrons. The molecule has 3 rings (SSSR count). The Hall–Kier alpha value is -2.03. The van der Waals surface area contributed by atoms with Gasteiger partial charge in [-0.15, -0.1) is 0 Å². The van der Waals surface area contributed by atoms with Gasteiger partial charge in [-0.25, -0.2) is 0 Å². The predicted octanol–water partition coefficient (Wildman–Crippen LogP) is 4.07. The fraction of sp³-hybridized carbons (Fsp3) is 0.450. The van der Waals surface area contributed by atoms with Crippen molar-refractivity contribution in [2.75, 3.05) is 14.2 Å².